The van der Waals surface area contributed by atoms with Gasteiger partial charge in [0.25, 0.3) is 0 Å². The van der Waals surface area contributed by atoms with Crippen LogP contribution in [0.3, 0.4) is 0 Å². The summed E-state index contributed by atoms with van der Waals surface area (Å²) < 4.78 is 0. The number of aliphatic carboxylic acids is 1. The molecule has 1 heterocycles. The molecule has 3 heteroatoms. The molecular formula is C11H19NO2. The van der Waals surface area contributed by atoms with Gasteiger partial charge >= 0.3 is 5.97 Å². The summed E-state index contributed by atoms with van der Waals surface area (Å²) in [5, 5.41) is 8.76. The number of rotatable bonds is 3. The summed E-state index contributed by atoms with van der Waals surface area (Å²) in [6.07, 6.45) is 3.58. The van der Waals surface area contributed by atoms with Crippen molar-refractivity contribution < 1.29 is 9.90 Å². The molecule has 80 valence electrons. The van der Waals surface area contributed by atoms with Gasteiger partial charge in [0.15, 0.2) is 0 Å². The van der Waals surface area contributed by atoms with E-state index in [1.807, 2.05) is 0 Å². The minimum absolute atomic E-state index is 0.297. The second-order valence-corrected chi connectivity index (χ2v) is 4.21. The zero-order chi connectivity index (χ0) is 10.7. The highest BCUT2D eigenvalue weighted by Gasteiger charge is 2.25. The van der Waals surface area contributed by atoms with Crippen LogP contribution < -0.4 is 0 Å². The molecule has 1 rings (SSSR count). The van der Waals surface area contributed by atoms with E-state index in [2.05, 4.69) is 25.3 Å². The molecule has 2 atom stereocenters. The van der Waals surface area contributed by atoms with Crippen molar-refractivity contribution in [1.29, 1.82) is 0 Å². The summed E-state index contributed by atoms with van der Waals surface area (Å²) >= 11 is 0. The van der Waals surface area contributed by atoms with Crippen molar-refractivity contribution in [3.05, 3.63) is 12.2 Å². The molecular weight excluding hydrogens is 178 g/mol. The van der Waals surface area contributed by atoms with E-state index >= 15 is 0 Å². The topological polar surface area (TPSA) is 40.5 Å². The number of carbonyl (C=O) groups is 1. The van der Waals surface area contributed by atoms with Gasteiger partial charge in [-0.2, -0.15) is 0 Å². The first-order valence-electron chi connectivity index (χ1n) is 5.19. The molecule has 0 radical (unpaired) electrons. The van der Waals surface area contributed by atoms with Crippen molar-refractivity contribution in [2.45, 2.75) is 45.2 Å². The van der Waals surface area contributed by atoms with Crippen LogP contribution in [0.15, 0.2) is 12.2 Å². The van der Waals surface area contributed by atoms with Crippen molar-refractivity contribution in [3.8, 4) is 0 Å². The number of carboxylic acid groups (broad SMARTS) is 1. The predicted molar refractivity (Wildman–Crippen MR) is 56.3 cm³/mol. The van der Waals surface area contributed by atoms with Gasteiger partial charge in [0, 0.05) is 24.2 Å². The lowest BCUT2D eigenvalue weighted by Gasteiger charge is -2.38. The van der Waals surface area contributed by atoms with E-state index in [0.717, 1.165) is 12.8 Å². The van der Waals surface area contributed by atoms with Gasteiger partial charge in [-0.3, -0.25) is 4.90 Å². The molecule has 0 aromatic carbocycles. The summed E-state index contributed by atoms with van der Waals surface area (Å²) in [7, 11) is 0. The Labute approximate surface area is 85.4 Å². The Morgan fingerprint density at radius 2 is 1.93 bits per heavy atom. The molecule has 0 spiro atoms. The smallest absolute Gasteiger partial charge is 0.332 e. The van der Waals surface area contributed by atoms with Crippen LogP contribution in [0.25, 0.3) is 0 Å². The first kappa shape index (κ1) is 11.2. The molecule has 0 aliphatic carbocycles. The standard InChI is InChI=1S/C11H19NO2/c1-8(11(13)14)7-12-9(2)5-4-6-10(12)3/h9-10H,1,4-7H2,2-3H3,(H,13,14)/t9-,10+. The fourth-order valence-corrected chi connectivity index (χ4v) is 2.07. The molecule has 0 unspecified atom stereocenters. The van der Waals surface area contributed by atoms with Crippen LogP contribution in [-0.2, 0) is 4.79 Å². The van der Waals surface area contributed by atoms with Crippen LogP contribution in [0.1, 0.15) is 33.1 Å². The lowest BCUT2D eigenvalue weighted by atomic mass is 9.97. The molecule has 0 aromatic rings. The van der Waals surface area contributed by atoms with Gasteiger partial charge < -0.3 is 5.11 Å². The molecule has 3 nitrogen and oxygen atoms in total. The van der Waals surface area contributed by atoms with Crippen LogP contribution in [0.5, 0.6) is 0 Å². The largest absolute Gasteiger partial charge is 0.478 e. The summed E-state index contributed by atoms with van der Waals surface area (Å²) in [6, 6.07) is 0.963. The van der Waals surface area contributed by atoms with E-state index in [0.29, 0.717) is 24.2 Å². The van der Waals surface area contributed by atoms with Crippen LogP contribution >= 0.6 is 0 Å². The number of nitrogens with zero attached hydrogens (tertiary/aromatic N) is 1. The Bertz CT molecular complexity index is 227. The highest BCUT2D eigenvalue weighted by Crippen LogP contribution is 2.22. The number of carboxylic acids is 1. The zero-order valence-electron chi connectivity index (χ0n) is 8.99. The monoisotopic (exact) mass is 197 g/mol. The average Bonchev–Trinajstić information content (AvgIpc) is 2.11. The fraction of sp³-hybridized carbons (Fsp3) is 0.727. The SMILES string of the molecule is C=C(CN1[C@H](C)CCC[C@@H]1C)C(=O)O. The Balaban J connectivity index is 2.56. The molecule has 1 saturated heterocycles. The highest BCUT2D eigenvalue weighted by atomic mass is 16.4. The van der Waals surface area contributed by atoms with Gasteiger partial charge in [-0.1, -0.05) is 13.0 Å². The third kappa shape index (κ3) is 2.58. The molecule has 1 aliphatic heterocycles. The number of hydrogen-bond acceptors (Lipinski definition) is 2. The highest BCUT2D eigenvalue weighted by molar-refractivity contribution is 5.86. The molecule has 1 aliphatic rings. The molecule has 1 N–H and O–H groups in total. The lowest BCUT2D eigenvalue weighted by molar-refractivity contribution is -0.133. The quantitative estimate of drug-likeness (QED) is 0.702. The lowest BCUT2D eigenvalue weighted by Crippen LogP contribution is -2.45. The van der Waals surface area contributed by atoms with Crippen molar-refractivity contribution in [2.24, 2.45) is 0 Å². The first-order valence-corrected chi connectivity index (χ1v) is 5.19. The minimum Gasteiger partial charge on any atom is -0.478 e. The van der Waals surface area contributed by atoms with Crippen molar-refractivity contribution in [1.82, 2.24) is 4.90 Å². The van der Waals surface area contributed by atoms with Crippen LogP contribution in [0, 0.1) is 0 Å². The van der Waals surface area contributed by atoms with E-state index in [9.17, 15) is 4.79 Å². The summed E-state index contributed by atoms with van der Waals surface area (Å²) in [5.74, 6) is -0.880. The van der Waals surface area contributed by atoms with Crippen LogP contribution in [-0.4, -0.2) is 34.6 Å². The second-order valence-electron chi connectivity index (χ2n) is 4.21. The minimum atomic E-state index is -0.880. The number of piperidine rings is 1. The van der Waals surface area contributed by atoms with E-state index < -0.39 is 5.97 Å². The van der Waals surface area contributed by atoms with Gasteiger partial charge in [-0.15, -0.1) is 0 Å². The maximum Gasteiger partial charge on any atom is 0.332 e. The third-order valence-electron chi connectivity index (χ3n) is 3.05. The van der Waals surface area contributed by atoms with Gasteiger partial charge in [-0.25, -0.2) is 4.79 Å². The number of likely N-dealkylation sites (tertiary alicyclic amines) is 1. The maximum absolute atomic E-state index is 10.7. The van der Waals surface area contributed by atoms with Gasteiger partial charge in [-0.05, 0) is 26.7 Å². The van der Waals surface area contributed by atoms with E-state index in [1.54, 1.807) is 0 Å². The number of hydrogen-bond donors (Lipinski definition) is 1. The van der Waals surface area contributed by atoms with Crippen LogP contribution in [0.2, 0.25) is 0 Å². The van der Waals surface area contributed by atoms with Crippen molar-refractivity contribution >= 4 is 5.97 Å². The Morgan fingerprint density at radius 1 is 1.43 bits per heavy atom. The summed E-state index contributed by atoms with van der Waals surface area (Å²) in [6.45, 7) is 8.39. The average molecular weight is 197 g/mol. The summed E-state index contributed by atoms with van der Waals surface area (Å²) in [5.41, 5.74) is 0.297. The summed E-state index contributed by atoms with van der Waals surface area (Å²) in [4.78, 5) is 12.9. The fourth-order valence-electron chi connectivity index (χ4n) is 2.07. The van der Waals surface area contributed by atoms with Crippen LogP contribution in [0.4, 0.5) is 0 Å². The zero-order valence-corrected chi connectivity index (χ0v) is 8.99. The normalized spacial score (nSPS) is 28.7. The van der Waals surface area contributed by atoms with Crippen molar-refractivity contribution in [3.63, 3.8) is 0 Å². The molecule has 0 saturated carbocycles. The molecule has 0 bridgehead atoms. The second kappa shape index (κ2) is 4.60. The van der Waals surface area contributed by atoms with E-state index in [-0.39, 0.29) is 0 Å². The molecule has 1 fully saturated rings. The van der Waals surface area contributed by atoms with Gasteiger partial charge in [0.05, 0.1) is 0 Å². The predicted octanol–water partition coefficient (Wildman–Crippen LogP) is 1.89. The molecule has 0 aromatic heterocycles. The molecule has 14 heavy (non-hydrogen) atoms. The maximum atomic E-state index is 10.7. The molecule has 0 amide bonds. The van der Waals surface area contributed by atoms with Gasteiger partial charge in [0.1, 0.15) is 0 Å². The van der Waals surface area contributed by atoms with Gasteiger partial charge in [0.2, 0.25) is 0 Å². The Hall–Kier alpha value is -0.830. The third-order valence-corrected chi connectivity index (χ3v) is 3.05. The van der Waals surface area contributed by atoms with E-state index in [1.165, 1.54) is 6.42 Å². The van der Waals surface area contributed by atoms with Crippen molar-refractivity contribution in [2.75, 3.05) is 6.54 Å². The first-order chi connectivity index (χ1) is 6.52. The Kier molecular flexibility index (Phi) is 3.69. The van der Waals surface area contributed by atoms with E-state index in [4.69, 9.17) is 5.11 Å². The Morgan fingerprint density at radius 3 is 2.36 bits per heavy atom.